The molecule has 10 atom stereocenters. The number of carboxylic acid groups (broad SMARTS) is 1. The number of aromatic hydroxyl groups is 1. The molecule has 10 N–H and O–H groups in total. The molecule has 5 bridgehead atoms. The molecule has 3 fully saturated rings. The predicted molar refractivity (Wildman–Crippen MR) is 296 cm³/mol. The molecular formula is C59H70FN7O16. The number of nitrogens with zero attached hydrogens (tertiary/aromatic N) is 3. The van der Waals surface area contributed by atoms with Gasteiger partial charge in [-0.1, -0.05) is 32.1 Å². The second kappa shape index (κ2) is 23.1. The molecule has 1 aromatic carbocycles. The molecule has 24 heteroatoms. The lowest BCUT2D eigenvalue weighted by atomic mass is 9.81. The molecule has 7 heterocycles. The molecule has 2 saturated heterocycles. The first kappa shape index (κ1) is 59.8. The van der Waals surface area contributed by atoms with Gasteiger partial charge < -0.3 is 71.3 Å². The topological polar surface area (TPSA) is 341 Å². The van der Waals surface area contributed by atoms with E-state index in [0.29, 0.717) is 29.6 Å². The highest BCUT2D eigenvalue weighted by molar-refractivity contribution is 6.32. The van der Waals surface area contributed by atoms with Crippen molar-refractivity contribution in [3.05, 3.63) is 115 Å². The fraction of sp³-hybridized carbons (Fsp3) is 0.492. The van der Waals surface area contributed by atoms with E-state index in [-0.39, 0.29) is 78.1 Å². The van der Waals surface area contributed by atoms with Gasteiger partial charge in [0.2, 0.25) is 17.5 Å². The van der Waals surface area contributed by atoms with E-state index in [0.717, 1.165) is 36.6 Å². The number of anilines is 1. The summed E-state index contributed by atoms with van der Waals surface area (Å²) in [5, 5.41) is 50.0. The lowest BCUT2D eigenvalue weighted by Gasteiger charge is -2.37. The Labute approximate surface area is 476 Å². The van der Waals surface area contributed by atoms with E-state index in [1.54, 1.807) is 30.6 Å². The number of ether oxygens (including phenoxy) is 4. The number of aryl methyl sites for hydroxylation is 1. The van der Waals surface area contributed by atoms with Gasteiger partial charge in [-0.2, -0.15) is 0 Å². The summed E-state index contributed by atoms with van der Waals surface area (Å²) < 4.78 is 40.6. The van der Waals surface area contributed by atoms with E-state index < -0.39 is 141 Å². The van der Waals surface area contributed by atoms with Crippen LogP contribution < -0.4 is 37.3 Å². The number of aromatic carboxylic acids is 1. The van der Waals surface area contributed by atoms with Gasteiger partial charge in [0.05, 0.1) is 70.7 Å². The van der Waals surface area contributed by atoms with Crippen LogP contribution in [0.15, 0.2) is 64.6 Å². The maximum atomic E-state index is 16.1. The number of fused-ring (bicyclic) bond motifs is 15. The summed E-state index contributed by atoms with van der Waals surface area (Å²) in [5.74, 6) is -12.2. The molecule has 2 amide bonds. The number of carboxylic acids is 1. The number of carbonyl (C=O) groups excluding carboxylic acids is 6. The Morgan fingerprint density at radius 2 is 1.57 bits per heavy atom. The van der Waals surface area contributed by atoms with E-state index in [1.165, 1.54) is 58.3 Å². The van der Waals surface area contributed by atoms with Crippen molar-refractivity contribution in [2.75, 3.05) is 38.2 Å². The van der Waals surface area contributed by atoms with Crippen molar-refractivity contribution >= 4 is 52.3 Å². The molecular weight excluding hydrogens is 1080 g/mol. The van der Waals surface area contributed by atoms with E-state index in [1.807, 2.05) is 0 Å². The van der Waals surface area contributed by atoms with Crippen LogP contribution in [0.5, 0.6) is 11.5 Å². The Hall–Kier alpha value is -7.77. The van der Waals surface area contributed by atoms with Gasteiger partial charge in [0.25, 0.3) is 17.2 Å². The maximum absolute atomic E-state index is 16.1. The molecule has 5 aliphatic heterocycles. The number of nitrogens with two attached hydrogens (primary N) is 2. The fourth-order valence-corrected chi connectivity index (χ4v) is 12.1. The van der Waals surface area contributed by atoms with Crippen LogP contribution in [0.4, 0.5) is 10.1 Å². The number of hydrogen-bond donors (Lipinski definition) is 8. The Morgan fingerprint density at radius 3 is 2.20 bits per heavy atom. The number of pyridine rings is 2. The number of aliphatic hydroxyl groups is 2. The van der Waals surface area contributed by atoms with Crippen molar-refractivity contribution < 1.29 is 77.3 Å². The molecule has 10 rings (SSSR count). The number of aliphatic hydroxyl groups excluding tert-OH is 2. The number of ketones is 3. The number of esters is 1. The van der Waals surface area contributed by atoms with Gasteiger partial charge >= 0.3 is 17.7 Å². The molecule has 3 aromatic rings. The Kier molecular flexibility index (Phi) is 16.7. The SMILES string of the molecule is CO[C@H]1C=CO[C@@]2(C)Oc3c(C)c(O)c4c(c3C2=O)C(=O)C(N2CCC(C(=O)NC3CCN(c5c(F)cn6c(=O)c(C(=O)O)cc(C7CC7)c6c5C)C3)CC2)=C(NC(=O)/C(C)=C\C=C\[C@H](C)[C@H](O)[C@@H](N)[C@@H](O)[C@@H](N)[C@H](OC(C)=O)[C@@H]1C)C4=O. The summed E-state index contributed by atoms with van der Waals surface area (Å²) in [4.78, 5) is 114. The number of methoxy groups -OCH3 is 1. The summed E-state index contributed by atoms with van der Waals surface area (Å²) in [7, 11) is 1.34. The predicted octanol–water partition coefficient (Wildman–Crippen LogP) is 3.08. The number of phenolic OH excluding ortho intramolecular Hbond substituents is 1. The van der Waals surface area contributed by atoms with E-state index in [4.69, 9.17) is 30.4 Å². The Bertz CT molecular complexity index is 3430. The number of piperidine rings is 1. The molecule has 0 radical (unpaired) electrons. The van der Waals surface area contributed by atoms with Crippen LogP contribution >= 0.6 is 0 Å². The summed E-state index contributed by atoms with van der Waals surface area (Å²) in [5.41, 5.74) is 11.1. The maximum Gasteiger partial charge on any atom is 0.341 e. The van der Waals surface area contributed by atoms with Crippen LogP contribution in [-0.4, -0.2) is 152 Å². The smallest absolute Gasteiger partial charge is 0.341 e. The zero-order chi connectivity index (χ0) is 60.4. The highest BCUT2D eigenvalue weighted by Crippen LogP contribution is 2.50. The molecule has 7 aliphatic rings. The van der Waals surface area contributed by atoms with E-state index in [9.17, 15) is 54.0 Å². The first-order valence-corrected chi connectivity index (χ1v) is 27.7. The number of Topliss-reactive ketones (excluding diaryl/α,β-unsaturated/α-hetero) is 3. The van der Waals surface area contributed by atoms with Gasteiger partial charge in [0.15, 0.2) is 5.82 Å². The third-order valence-electron chi connectivity index (χ3n) is 17.1. The number of phenols is 1. The van der Waals surface area contributed by atoms with Crippen LogP contribution in [0, 0.1) is 37.4 Å². The van der Waals surface area contributed by atoms with Gasteiger partial charge in [0.1, 0.15) is 34.6 Å². The number of benzene rings is 1. The number of rotatable bonds is 8. The number of aromatic nitrogens is 1. The van der Waals surface area contributed by atoms with Crippen LogP contribution in [0.3, 0.4) is 0 Å². The van der Waals surface area contributed by atoms with Crippen LogP contribution in [-0.2, 0) is 28.6 Å². The van der Waals surface area contributed by atoms with Crippen LogP contribution in [0.2, 0.25) is 0 Å². The average molecular weight is 1150 g/mol. The second-order valence-corrected chi connectivity index (χ2v) is 22.7. The zero-order valence-electron chi connectivity index (χ0n) is 47.3. The lowest BCUT2D eigenvalue weighted by molar-refractivity contribution is -0.155. The van der Waals surface area contributed by atoms with Gasteiger partial charge in [-0.05, 0) is 82.1 Å². The van der Waals surface area contributed by atoms with Crippen molar-refractivity contribution in [3.8, 4) is 11.5 Å². The second-order valence-electron chi connectivity index (χ2n) is 22.7. The zero-order valence-corrected chi connectivity index (χ0v) is 47.3. The largest absolute Gasteiger partial charge is 0.507 e. The highest BCUT2D eigenvalue weighted by Gasteiger charge is 2.53. The van der Waals surface area contributed by atoms with Crippen LogP contribution in [0.25, 0.3) is 5.52 Å². The number of hydrogen-bond acceptors (Lipinski definition) is 19. The molecule has 1 saturated carbocycles. The number of nitrogens with one attached hydrogen (secondary N) is 2. The minimum absolute atomic E-state index is 0.00125. The summed E-state index contributed by atoms with van der Waals surface area (Å²) in [6.07, 6.45) is 4.81. The summed E-state index contributed by atoms with van der Waals surface area (Å²) in [6.45, 7) is 10.7. The number of amides is 2. The molecule has 444 valence electrons. The van der Waals surface area contributed by atoms with Crippen molar-refractivity contribution in [2.45, 2.75) is 135 Å². The molecule has 2 aromatic heterocycles. The van der Waals surface area contributed by atoms with Crippen molar-refractivity contribution in [1.29, 1.82) is 0 Å². The Balaban J connectivity index is 1.00. The number of halogens is 1. The monoisotopic (exact) mass is 1150 g/mol. The minimum Gasteiger partial charge on any atom is -0.507 e. The highest BCUT2D eigenvalue weighted by atomic mass is 19.1. The first-order chi connectivity index (χ1) is 39.2. The van der Waals surface area contributed by atoms with Gasteiger partial charge in [-0.15, -0.1) is 0 Å². The van der Waals surface area contributed by atoms with Crippen LogP contribution in [0.1, 0.15) is 131 Å². The third kappa shape index (κ3) is 10.9. The number of likely N-dealkylation sites (tertiary alicyclic amines) is 1. The third-order valence-corrected chi connectivity index (χ3v) is 17.1. The molecule has 23 nitrogen and oxygen atoms in total. The molecule has 83 heavy (non-hydrogen) atoms. The average Bonchev–Trinajstić information content (AvgIpc) is 2.31. The molecule has 0 spiro atoms. The van der Waals surface area contributed by atoms with Gasteiger partial charge in [0, 0.05) is 82.1 Å². The van der Waals surface area contributed by atoms with Gasteiger partial charge in [-0.25, -0.2) is 9.18 Å². The quantitative estimate of drug-likeness (QED) is 0.150. The van der Waals surface area contributed by atoms with Crippen molar-refractivity contribution in [1.82, 2.24) is 19.9 Å². The van der Waals surface area contributed by atoms with Gasteiger partial charge in [-0.3, -0.25) is 38.0 Å². The van der Waals surface area contributed by atoms with E-state index >= 15 is 9.18 Å². The standard InChI is InChI=1S/C59H70FN7O16/c1-25-10-9-11-26(2)55(75)64-43-46(65-18-14-32(15-19-65)56(76)63-33-16-20-66(23-33)45-28(4)44-34(31-12-13-31)22-35(58(78)79)57(77)67(44)24-36(45)60)50(72)38-39(49(43)71)48(70)29(5)52-40(38)54(74)59(7,83-52)81-21-17-37(80-8)27(3)53(82-30(6)68)42(62)51(73)41(61)47(25)69/h9-11,17,21-22,24-25,27,31-33,37,41-42,47,51,53,69-70,73H,12-16,18-20,23,61-62H2,1-8H3,(H,63,76)(H,64,75)(H,78,79)/b10-9+,21-17?,26-11-/t25-,27+,33?,37-,41+,42+,47-,51+,53+,59-/m0/s1. The van der Waals surface area contributed by atoms with Crippen molar-refractivity contribution in [3.63, 3.8) is 0 Å². The first-order valence-electron chi connectivity index (χ1n) is 27.7. The Morgan fingerprint density at radius 1 is 0.892 bits per heavy atom. The number of carbonyl (C=O) groups is 7. The summed E-state index contributed by atoms with van der Waals surface area (Å²) in [6, 6.07) is -1.79. The minimum atomic E-state index is -2.22. The fourth-order valence-electron chi connectivity index (χ4n) is 12.1. The van der Waals surface area contributed by atoms with Crippen molar-refractivity contribution in [2.24, 2.45) is 29.2 Å². The summed E-state index contributed by atoms with van der Waals surface area (Å²) >= 11 is 0. The lowest BCUT2D eigenvalue weighted by Crippen LogP contribution is -2.60. The normalized spacial score (nSPS) is 29.3. The molecule has 2 aliphatic carbocycles. The molecule has 1 unspecified atom stereocenters. The number of allylic oxidation sites excluding steroid dienone is 4. The van der Waals surface area contributed by atoms with E-state index in [2.05, 4.69) is 10.6 Å².